The van der Waals surface area contributed by atoms with Crippen molar-refractivity contribution >= 4 is 0 Å². The average molecular weight is 201 g/mol. The molecule has 0 spiro atoms. The van der Waals surface area contributed by atoms with E-state index in [9.17, 15) is 0 Å². The molecule has 1 N–H and O–H groups in total. The van der Waals surface area contributed by atoms with Gasteiger partial charge < -0.3 is 10.1 Å². The molecule has 0 aromatic rings. The molecule has 0 rings (SSSR count). The molecule has 2 heteroatoms. The fourth-order valence-electron chi connectivity index (χ4n) is 1.28. The molecule has 1 unspecified atom stereocenters. The molecule has 86 valence electrons. The number of hydrogen-bond donors (Lipinski definition) is 1. The minimum absolute atomic E-state index is 0.424. The van der Waals surface area contributed by atoms with Crippen LogP contribution in [0, 0.1) is 5.92 Å². The molecule has 0 aromatic carbocycles. The van der Waals surface area contributed by atoms with Crippen LogP contribution in [0.4, 0.5) is 0 Å². The minimum Gasteiger partial charge on any atom is -0.378 e. The molecule has 0 fully saturated rings. The van der Waals surface area contributed by atoms with Gasteiger partial charge in [-0.3, -0.25) is 0 Å². The highest BCUT2D eigenvalue weighted by Gasteiger charge is 2.02. The van der Waals surface area contributed by atoms with Crippen molar-refractivity contribution in [2.75, 3.05) is 19.7 Å². The van der Waals surface area contributed by atoms with Crippen LogP contribution in [0.5, 0.6) is 0 Å². The first kappa shape index (κ1) is 13.9. The fourth-order valence-corrected chi connectivity index (χ4v) is 1.28. The van der Waals surface area contributed by atoms with Gasteiger partial charge in [-0.05, 0) is 45.2 Å². The number of rotatable bonds is 9. The van der Waals surface area contributed by atoms with Gasteiger partial charge in [0.1, 0.15) is 0 Å². The van der Waals surface area contributed by atoms with E-state index in [1.807, 2.05) is 0 Å². The molecule has 0 saturated carbocycles. The van der Waals surface area contributed by atoms with E-state index in [0.29, 0.717) is 6.10 Å². The number of nitrogens with one attached hydrogen (secondary N) is 1. The van der Waals surface area contributed by atoms with E-state index in [2.05, 4.69) is 33.0 Å². The van der Waals surface area contributed by atoms with Crippen LogP contribution in [0.1, 0.15) is 47.0 Å². The third-order valence-corrected chi connectivity index (χ3v) is 2.31. The van der Waals surface area contributed by atoms with Crippen molar-refractivity contribution in [2.45, 2.75) is 53.1 Å². The zero-order valence-electron chi connectivity index (χ0n) is 10.3. The second-order valence-corrected chi connectivity index (χ2v) is 4.36. The molecule has 0 saturated heterocycles. The summed E-state index contributed by atoms with van der Waals surface area (Å²) in [6, 6.07) is 0. The lowest BCUT2D eigenvalue weighted by atomic mass is 10.1. The molecule has 14 heavy (non-hydrogen) atoms. The van der Waals surface area contributed by atoms with Crippen LogP contribution in [-0.2, 0) is 4.74 Å². The van der Waals surface area contributed by atoms with Gasteiger partial charge in [-0.15, -0.1) is 0 Å². The summed E-state index contributed by atoms with van der Waals surface area (Å²) in [5.41, 5.74) is 0. The molecule has 0 bridgehead atoms. The predicted octanol–water partition coefficient (Wildman–Crippen LogP) is 2.83. The van der Waals surface area contributed by atoms with E-state index in [1.165, 1.54) is 19.3 Å². The molecule has 0 aliphatic rings. The third-order valence-electron chi connectivity index (χ3n) is 2.31. The second kappa shape index (κ2) is 9.47. The maximum atomic E-state index is 5.71. The fraction of sp³-hybridized carbons (Fsp3) is 1.00. The Hall–Kier alpha value is -0.0800. The lowest BCUT2D eigenvalue weighted by molar-refractivity contribution is 0.0521. The Morgan fingerprint density at radius 1 is 1.14 bits per heavy atom. The van der Waals surface area contributed by atoms with Crippen molar-refractivity contribution in [2.24, 2.45) is 5.92 Å². The van der Waals surface area contributed by atoms with Crippen molar-refractivity contribution in [1.82, 2.24) is 5.32 Å². The Balaban J connectivity index is 3.15. The van der Waals surface area contributed by atoms with Gasteiger partial charge in [0.05, 0.1) is 6.10 Å². The Labute approximate surface area is 89.4 Å². The van der Waals surface area contributed by atoms with Crippen LogP contribution in [0.2, 0.25) is 0 Å². The zero-order valence-corrected chi connectivity index (χ0v) is 10.3. The van der Waals surface area contributed by atoms with Crippen molar-refractivity contribution in [3.8, 4) is 0 Å². The third kappa shape index (κ3) is 10.0. The summed E-state index contributed by atoms with van der Waals surface area (Å²) in [6.07, 6.45) is 3.99. The van der Waals surface area contributed by atoms with Crippen LogP contribution in [0.15, 0.2) is 0 Å². The number of hydrogen-bond acceptors (Lipinski definition) is 2. The Morgan fingerprint density at radius 2 is 1.86 bits per heavy atom. The smallest absolute Gasteiger partial charge is 0.0547 e. The molecule has 0 aliphatic heterocycles. The van der Waals surface area contributed by atoms with E-state index in [4.69, 9.17) is 4.74 Å². The predicted molar refractivity (Wildman–Crippen MR) is 62.6 cm³/mol. The molecule has 2 nitrogen and oxygen atoms in total. The van der Waals surface area contributed by atoms with E-state index < -0.39 is 0 Å². The van der Waals surface area contributed by atoms with E-state index in [1.54, 1.807) is 0 Å². The lowest BCUT2D eigenvalue weighted by Gasteiger charge is -2.13. The van der Waals surface area contributed by atoms with Crippen LogP contribution in [0.25, 0.3) is 0 Å². The SMILES string of the molecule is CCNCCCC(C)OCCC(C)C. The lowest BCUT2D eigenvalue weighted by Crippen LogP contribution is -2.17. The van der Waals surface area contributed by atoms with Crippen LogP contribution in [-0.4, -0.2) is 25.8 Å². The second-order valence-electron chi connectivity index (χ2n) is 4.36. The normalized spacial score (nSPS) is 13.5. The monoisotopic (exact) mass is 201 g/mol. The largest absolute Gasteiger partial charge is 0.378 e. The van der Waals surface area contributed by atoms with Crippen molar-refractivity contribution in [1.29, 1.82) is 0 Å². The first-order valence-corrected chi connectivity index (χ1v) is 5.99. The molecule has 0 heterocycles. The summed E-state index contributed by atoms with van der Waals surface area (Å²) >= 11 is 0. The molecule has 0 radical (unpaired) electrons. The molecular formula is C12H27NO. The highest BCUT2D eigenvalue weighted by atomic mass is 16.5. The van der Waals surface area contributed by atoms with Crippen LogP contribution < -0.4 is 5.32 Å². The summed E-state index contributed by atoms with van der Waals surface area (Å²) in [5, 5.41) is 3.32. The number of ether oxygens (including phenoxy) is 1. The van der Waals surface area contributed by atoms with Crippen molar-refractivity contribution < 1.29 is 4.74 Å². The zero-order chi connectivity index (χ0) is 10.8. The summed E-state index contributed by atoms with van der Waals surface area (Å²) in [6.45, 7) is 11.9. The molecule has 0 aromatic heterocycles. The first-order valence-electron chi connectivity index (χ1n) is 5.99. The maximum absolute atomic E-state index is 5.71. The molecule has 1 atom stereocenters. The minimum atomic E-state index is 0.424. The van der Waals surface area contributed by atoms with Gasteiger partial charge in [0.15, 0.2) is 0 Å². The summed E-state index contributed by atoms with van der Waals surface area (Å²) in [5.74, 6) is 0.754. The van der Waals surface area contributed by atoms with Gasteiger partial charge in [0, 0.05) is 6.61 Å². The average Bonchev–Trinajstić information content (AvgIpc) is 2.12. The summed E-state index contributed by atoms with van der Waals surface area (Å²) in [4.78, 5) is 0. The van der Waals surface area contributed by atoms with E-state index in [0.717, 1.165) is 25.6 Å². The van der Waals surface area contributed by atoms with Crippen molar-refractivity contribution in [3.05, 3.63) is 0 Å². The quantitative estimate of drug-likeness (QED) is 0.579. The molecular weight excluding hydrogens is 174 g/mol. The topological polar surface area (TPSA) is 21.3 Å². The Kier molecular flexibility index (Phi) is 9.42. The highest BCUT2D eigenvalue weighted by molar-refractivity contribution is 4.54. The summed E-state index contributed by atoms with van der Waals surface area (Å²) in [7, 11) is 0. The van der Waals surface area contributed by atoms with Gasteiger partial charge in [-0.25, -0.2) is 0 Å². The van der Waals surface area contributed by atoms with Gasteiger partial charge in [-0.2, -0.15) is 0 Å². The van der Waals surface area contributed by atoms with Gasteiger partial charge in [0.2, 0.25) is 0 Å². The van der Waals surface area contributed by atoms with Crippen LogP contribution >= 0.6 is 0 Å². The van der Waals surface area contributed by atoms with Crippen LogP contribution in [0.3, 0.4) is 0 Å². The first-order chi connectivity index (χ1) is 6.66. The Morgan fingerprint density at radius 3 is 2.43 bits per heavy atom. The Bertz CT molecular complexity index is 115. The standard InChI is InChI=1S/C12H27NO/c1-5-13-9-6-7-12(4)14-10-8-11(2)3/h11-13H,5-10H2,1-4H3. The van der Waals surface area contributed by atoms with E-state index >= 15 is 0 Å². The summed E-state index contributed by atoms with van der Waals surface area (Å²) < 4.78 is 5.71. The van der Waals surface area contributed by atoms with Gasteiger partial charge in [0.25, 0.3) is 0 Å². The molecule has 0 amide bonds. The highest BCUT2D eigenvalue weighted by Crippen LogP contribution is 2.05. The maximum Gasteiger partial charge on any atom is 0.0547 e. The van der Waals surface area contributed by atoms with Gasteiger partial charge in [-0.1, -0.05) is 20.8 Å². The molecule has 0 aliphatic carbocycles. The van der Waals surface area contributed by atoms with Crippen molar-refractivity contribution in [3.63, 3.8) is 0 Å². The van der Waals surface area contributed by atoms with Gasteiger partial charge >= 0.3 is 0 Å². The van der Waals surface area contributed by atoms with E-state index in [-0.39, 0.29) is 0 Å².